The molecule has 3 heterocycles. The van der Waals surface area contributed by atoms with Crippen LogP contribution in [0, 0.1) is 0 Å². The number of nitrogens with two attached hydrogens (primary N) is 1. The van der Waals surface area contributed by atoms with Crippen molar-refractivity contribution in [1.82, 2.24) is 30.7 Å². The number of nitrogens with zero attached hydrogens (tertiary/aromatic N) is 3. The second-order valence-corrected chi connectivity index (χ2v) is 14.8. The third kappa shape index (κ3) is 11.2. The van der Waals surface area contributed by atoms with Crippen LogP contribution in [-0.2, 0) is 32.1 Å². The number of amides is 4. The Bertz CT molecular complexity index is 1950. The first-order valence-corrected chi connectivity index (χ1v) is 20.1. The van der Waals surface area contributed by atoms with Gasteiger partial charge in [-0.25, -0.2) is 14.6 Å². The molecule has 3 aromatic carbocycles. The molecule has 15 nitrogen and oxygen atoms in total. The minimum atomic E-state index is -1.14. The fourth-order valence-electron chi connectivity index (χ4n) is 7.42. The molecule has 2 saturated heterocycles. The molecule has 0 saturated carbocycles. The molecule has 6 rings (SSSR count). The van der Waals surface area contributed by atoms with Crippen molar-refractivity contribution in [2.45, 2.75) is 88.2 Å². The van der Waals surface area contributed by atoms with E-state index in [9.17, 15) is 24.0 Å². The van der Waals surface area contributed by atoms with Gasteiger partial charge in [0.25, 0.3) is 5.89 Å². The van der Waals surface area contributed by atoms with Crippen LogP contribution < -0.4 is 21.7 Å². The zero-order valence-corrected chi connectivity index (χ0v) is 32.8. The van der Waals surface area contributed by atoms with E-state index in [0.29, 0.717) is 56.0 Å². The number of unbranched alkanes of at least 4 members (excludes halogenated alkanes) is 1. The predicted molar refractivity (Wildman–Crippen MR) is 216 cm³/mol. The molecule has 1 aromatic heterocycles. The molecule has 2 fully saturated rings. The third-order valence-electron chi connectivity index (χ3n) is 10.7. The number of Topliss-reactive ketones (excluding diaryl/α,β-unsaturated/α-hetero) is 1. The Morgan fingerprint density at radius 1 is 0.862 bits per heavy atom. The summed E-state index contributed by atoms with van der Waals surface area (Å²) in [6.07, 6.45) is 1.36. The quantitative estimate of drug-likeness (QED) is 0.0876. The maximum absolute atomic E-state index is 14.7. The van der Waals surface area contributed by atoms with Crippen molar-refractivity contribution in [3.8, 4) is 0 Å². The predicted octanol–water partition coefficient (Wildman–Crippen LogP) is 4.34. The van der Waals surface area contributed by atoms with E-state index >= 15 is 0 Å². The number of oxazole rings is 1. The highest BCUT2D eigenvalue weighted by molar-refractivity contribution is 6.01. The summed E-state index contributed by atoms with van der Waals surface area (Å²) in [5.74, 6) is -1.83. The number of carbonyl (C=O) groups excluding carboxylic acids is 5. The maximum atomic E-state index is 14.7. The lowest BCUT2D eigenvalue weighted by Gasteiger charge is -2.31. The van der Waals surface area contributed by atoms with Gasteiger partial charge in [0.2, 0.25) is 17.6 Å². The number of ketones is 1. The van der Waals surface area contributed by atoms with Crippen LogP contribution in [0.3, 0.4) is 0 Å². The number of fused-ring (bicyclic) bond motifs is 1. The first-order valence-electron chi connectivity index (χ1n) is 20.1. The molecule has 0 radical (unpaired) electrons. The van der Waals surface area contributed by atoms with Gasteiger partial charge in [-0.1, -0.05) is 72.8 Å². The first kappa shape index (κ1) is 41.8. The number of nitrogens with one attached hydrogen (secondary N) is 3. The average Bonchev–Trinajstić information content (AvgIpc) is 3.89. The number of piperidine rings is 1. The number of rotatable bonds is 17. The van der Waals surface area contributed by atoms with E-state index in [4.69, 9.17) is 19.6 Å². The van der Waals surface area contributed by atoms with Crippen LogP contribution in [0.15, 0.2) is 89.3 Å². The summed E-state index contributed by atoms with van der Waals surface area (Å²) in [6.45, 7) is 1.29. The van der Waals surface area contributed by atoms with Crippen LogP contribution >= 0.6 is 0 Å². The van der Waals surface area contributed by atoms with Gasteiger partial charge < -0.3 is 45.4 Å². The number of benzene rings is 3. The van der Waals surface area contributed by atoms with E-state index in [1.54, 1.807) is 29.2 Å². The zero-order chi connectivity index (χ0) is 40.9. The van der Waals surface area contributed by atoms with Crippen LogP contribution in [0.25, 0.3) is 11.1 Å². The SMILES string of the molecule is CNC1CCN(C(=O)O[C@@H]2C[C@@H](C(=O)N[C@@H](CCCCN)C(=O)c3nc4ccccc4o3)N(C(=O)[C@@H](CCc3ccccc3)NC(=O)OCc3ccccc3)C2)CC1. The lowest BCUT2D eigenvalue weighted by molar-refractivity contribution is -0.140. The Hall–Kier alpha value is -5.80. The minimum absolute atomic E-state index is 0.00966. The molecule has 0 spiro atoms. The molecule has 4 atom stereocenters. The summed E-state index contributed by atoms with van der Waals surface area (Å²) in [5, 5.41) is 8.87. The standard InChI is InChI=1S/C43H53N7O8/c1-45-31-21-24-49(25-22-31)43(55)57-32-26-36(39(52)46-34(17-10-11-23-44)38(51)40-47-33-16-8-9-18-37(33)58-40)50(27-32)41(53)35(20-19-29-12-4-2-5-13-29)48-42(54)56-28-30-14-6-3-7-15-30/h2-9,12-16,18,31-32,34-36,45H,10-11,17,19-28,44H2,1H3,(H,46,52)(H,48,54)/t32-,34+,35-,36+/m1/s1. The van der Waals surface area contributed by atoms with Crippen molar-refractivity contribution in [1.29, 1.82) is 0 Å². The molecule has 0 aliphatic carbocycles. The fraction of sp³-hybridized carbons (Fsp3) is 0.442. The Labute approximate surface area is 338 Å². The highest BCUT2D eigenvalue weighted by Gasteiger charge is 2.45. The van der Waals surface area contributed by atoms with Gasteiger partial charge in [0, 0.05) is 25.6 Å². The number of likely N-dealkylation sites (tertiary alicyclic amines) is 2. The summed E-state index contributed by atoms with van der Waals surface area (Å²) in [4.78, 5) is 76.9. The van der Waals surface area contributed by atoms with Gasteiger partial charge in [0.1, 0.15) is 30.3 Å². The Morgan fingerprint density at radius 3 is 2.24 bits per heavy atom. The summed E-state index contributed by atoms with van der Waals surface area (Å²) in [6, 6.07) is 22.7. The van der Waals surface area contributed by atoms with Crippen LogP contribution in [0.5, 0.6) is 0 Å². The number of carbonyl (C=O) groups is 5. The van der Waals surface area contributed by atoms with Crippen molar-refractivity contribution in [3.63, 3.8) is 0 Å². The normalized spacial score (nSPS) is 18.0. The molecule has 0 unspecified atom stereocenters. The molecule has 5 N–H and O–H groups in total. The first-order chi connectivity index (χ1) is 28.2. The van der Waals surface area contributed by atoms with Crippen molar-refractivity contribution < 1.29 is 37.9 Å². The topological polar surface area (TPSA) is 198 Å². The Balaban J connectivity index is 1.23. The lowest BCUT2D eigenvalue weighted by atomic mass is 10.0. The van der Waals surface area contributed by atoms with E-state index in [2.05, 4.69) is 20.9 Å². The molecule has 4 aromatic rings. The van der Waals surface area contributed by atoms with E-state index in [1.165, 1.54) is 4.90 Å². The summed E-state index contributed by atoms with van der Waals surface area (Å²) >= 11 is 0. The molecular formula is C43H53N7O8. The van der Waals surface area contributed by atoms with Crippen LogP contribution in [0.2, 0.25) is 0 Å². The van der Waals surface area contributed by atoms with E-state index in [1.807, 2.05) is 67.7 Å². The highest BCUT2D eigenvalue weighted by Crippen LogP contribution is 2.26. The molecule has 4 amide bonds. The van der Waals surface area contributed by atoms with Crippen LogP contribution in [0.4, 0.5) is 9.59 Å². The minimum Gasteiger partial charge on any atom is -0.445 e. The number of alkyl carbamates (subject to hydrolysis) is 1. The summed E-state index contributed by atoms with van der Waals surface area (Å²) in [7, 11) is 1.89. The van der Waals surface area contributed by atoms with Gasteiger partial charge in [-0.05, 0) is 81.8 Å². The smallest absolute Gasteiger partial charge is 0.410 e. The summed E-state index contributed by atoms with van der Waals surface area (Å²) < 4.78 is 17.2. The monoisotopic (exact) mass is 795 g/mol. The number of hydrogen-bond acceptors (Lipinski definition) is 11. The number of para-hydroxylation sites is 2. The van der Waals surface area contributed by atoms with E-state index < -0.39 is 54.0 Å². The average molecular weight is 796 g/mol. The van der Waals surface area contributed by atoms with E-state index in [-0.39, 0.29) is 38.3 Å². The number of ether oxygens (including phenoxy) is 2. The van der Waals surface area contributed by atoms with Gasteiger partial charge in [-0.2, -0.15) is 0 Å². The zero-order valence-electron chi connectivity index (χ0n) is 32.8. The number of aromatic nitrogens is 1. The summed E-state index contributed by atoms with van der Waals surface area (Å²) in [5.41, 5.74) is 8.42. The second kappa shape index (κ2) is 20.6. The molecule has 308 valence electrons. The van der Waals surface area contributed by atoms with Gasteiger partial charge >= 0.3 is 12.2 Å². The van der Waals surface area contributed by atoms with Crippen LogP contribution in [0.1, 0.15) is 66.8 Å². The van der Waals surface area contributed by atoms with Crippen LogP contribution in [-0.4, -0.2) is 108 Å². The Kier molecular flexibility index (Phi) is 14.8. The Morgan fingerprint density at radius 2 is 1.55 bits per heavy atom. The van der Waals surface area contributed by atoms with Gasteiger partial charge in [0.05, 0.1) is 12.6 Å². The highest BCUT2D eigenvalue weighted by atomic mass is 16.6. The molecular weight excluding hydrogens is 743 g/mol. The van der Waals surface area contributed by atoms with Gasteiger partial charge in [-0.15, -0.1) is 0 Å². The second-order valence-electron chi connectivity index (χ2n) is 14.8. The maximum Gasteiger partial charge on any atom is 0.410 e. The van der Waals surface area contributed by atoms with Crippen molar-refractivity contribution >= 4 is 40.9 Å². The molecule has 0 bridgehead atoms. The molecule has 58 heavy (non-hydrogen) atoms. The number of aryl methyl sites for hydroxylation is 1. The molecule has 2 aliphatic heterocycles. The molecule has 15 heteroatoms. The van der Waals surface area contributed by atoms with Gasteiger partial charge in [-0.3, -0.25) is 14.4 Å². The van der Waals surface area contributed by atoms with E-state index in [0.717, 1.165) is 24.0 Å². The molecule has 2 aliphatic rings. The van der Waals surface area contributed by atoms with Crippen molar-refractivity contribution in [2.75, 3.05) is 33.2 Å². The largest absolute Gasteiger partial charge is 0.445 e. The van der Waals surface area contributed by atoms with Gasteiger partial charge in [0.15, 0.2) is 5.58 Å². The fourth-order valence-corrected chi connectivity index (χ4v) is 7.42. The lowest BCUT2D eigenvalue weighted by Crippen LogP contribution is -2.55. The van der Waals surface area contributed by atoms with Crippen molar-refractivity contribution in [3.05, 3.63) is 102 Å². The third-order valence-corrected chi connectivity index (χ3v) is 10.7. The van der Waals surface area contributed by atoms with Crippen molar-refractivity contribution in [2.24, 2.45) is 5.73 Å². The number of hydrogen-bond donors (Lipinski definition) is 4.